The summed E-state index contributed by atoms with van der Waals surface area (Å²) in [5.41, 5.74) is 3.91. The van der Waals surface area contributed by atoms with Gasteiger partial charge in [-0.25, -0.2) is 0 Å². The number of amides is 1. The number of anilines is 1. The summed E-state index contributed by atoms with van der Waals surface area (Å²) in [6.07, 6.45) is 0.683. The number of carboxylic acid groups (broad SMARTS) is 1. The number of hydrogen-bond donors (Lipinski definition) is 2. The minimum absolute atomic E-state index is 0.0584. The first-order chi connectivity index (χ1) is 15.9. The molecule has 1 amide bonds. The van der Waals surface area contributed by atoms with E-state index in [1.165, 1.54) is 0 Å². The van der Waals surface area contributed by atoms with E-state index in [4.69, 9.17) is 19.3 Å². The molecular formula is C26H27NO6. The lowest BCUT2D eigenvalue weighted by Crippen LogP contribution is -2.13. The number of rotatable bonds is 10. The summed E-state index contributed by atoms with van der Waals surface area (Å²) in [7, 11) is 4.65. The number of para-hydroxylation sites is 1. The molecule has 0 aliphatic carbocycles. The minimum Gasteiger partial charge on any atom is -0.493 e. The highest BCUT2D eigenvalue weighted by Crippen LogP contribution is 2.38. The molecule has 0 aliphatic heterocycles. The normalized spacial score (nSPS) is 10.4. The maximum absolute atomic E-state index is 12.7. The number of methoxy groups -OCH3 is 3. The molecule has 0 unspecified atom stereocenters. The fourth-order valence-electron chi connectivity index (χ4n) is 3.62. The average molecular weight is 450 g/mol. The van der Waals surface area contributed by atoms with E-state index in [2.05, 4.69) is 5.32 Å². The fourth-order valence-corrected chi connectivity index (χ4v) is 3.62. The van der Waals surface area contributed by atoms with Crippen LogP contribution in [0.25, 0.3) is 11.1 Å². The zero-order chi connectivity index (χ0) is 23.8. The molecule has 0 aromatic heterocycles. The zero-order valence-electron chi connectivity index (χ0n) is 18.9. The number of benzene rings is 3. The molecule has 3 rings (SSSR count). The predicted molar refractivity (Wildman–Crippen MR) is 126 cm³/mol. The second-order valence-corrected chi connectivity index (χ2v) is 7.40. The largest absolute Gasteiger partial charge is 0.493 e. The molecule has 0 spiro atoms. The third kappa shape index (κ3) is 6.04. The summed E-state index contributed by atoms with van der Waals surface area (Å²) in [5.74, 6) is 0.559. The SMILES string of the molecule is COc1cc(CCC(=O)Nc2ccccc2-c2cccc(CC(=O)O)c2)cc(OC)c1OC. The lowest BCUT2D eigenvalue weighted by atomic mass is 10.00. The summed E-state index contributed by atoms with van der Waals surface area (Å²) in [4.78, 5) is 23.8. The highest BCUT2D eigenvalue weighted by Gasteiger charge is 2.15. The lowest BCUT2D eigenvalue weighted by molar-refractivity contribution is -0.136. The first-order valence-electron chi connectivity index (χ1n) is 10.4. The van der Waals surface area contributed by atoms with Gasteiger partial charge in [0, 0.05) is 17.7 Å². The van der Waals surface area contributed by atoms with Crippen molar-refractivity contribution in [3.05, 3.63) is 71.8 Å². The zero-order valence-corrected chi connectivity index (χ0v) is 18.9. The Bertz CT molecular complexity index is 1120. The van der Waals surface area contributed by atoms with Crippen LogP contribution in [0, 0.1) is 0 Å². The van der Waals surface area contributed by atoms with Crippen LogP contribution in [0.15, 0.2) is 60.7 Å². The summed E-state index contributed by atoms with van der Waals surface area (Å²) >= 11 is 0. The molecule has 0 radical (unpaired) electrons. The monoisotopic (exact) mass is 449 g/mol. The van der Waals surface area contributed by atoms with Crippen LogP contribution in [0.5, 0.6) is 17.2 Å². The maximum Gasteiger partial charge on any atom is 0.307 e. The quantitative estimate of drug-likeness (QED) is 0.471. The third-order valence-electron chi connectivity index (χ3n) is 5.16. The van der Waals surface area contributed by atoms with Crippen molar-refractivity contribution in [3.63, 3.8) is 0 Å². The molecule has 0 atom stereocenters. The molecule has 7 heteroatoms. The van der Waals surface area contributed by atoms with Gasteiger partial charge in [-0.2, -0.15) is 0 Å². The average Bonchev–Trinajstić information content (AvgIpc) is 2.82. The number of nitrogens with one attached hydrogen (secondary N) is 1. The van der Waals surface area contributed by atoms with Crippen LogP contribution in [-0.4, -0.2) is 38.3 Å². The lowest BCUT2D eigenvalue weighted by Gasteiger charge is -2.15. The van der Waals surface area contributed by atoms with Crippen LogP contribution < -0.4 is 19.5 Å². The van der Waals surface area contributed by atoms with E-state index in [9.17, 15) is 9.59 Å². The van der Waals surface area contributed by atoms with Crippen molar-refractivity contribution in [3.8, 4) is 28.4 Å². The number of aliphatic carboxylic acids is 1. The molecule has 33 heavy (non-hydrogen) atoms. The van der Waals surface area contributed by atoms with E-state index in [0.717, 1.165) is 16.7 Å². The van der Waals surface area contributed by atoms with Crippen molar-refractivity contribution >= 4 is 17.6 Å². The molecule has 0 aliphatic rings. The molecule has 172 valence electrons. The van der Waals surface area contributed by atoms with Crippen LogP contribution in [0.1, 0.15) is 17.5 Å². The topological polar surface area (TPSA) is 94.1 Å². The Morgan fingerprint density at radius 3 is 2.18 bits per heavy atom. The van der Waals surface area contributed by atoms with E-state index in [1.807, 2.05) is 54.6 Å². The van der Waals surface area contributed by atoms with Gasteiger partial charge in [-0.3, -0.25) is 9.59 Å². The molecule has 7 nitrogen and oxygen atoms in total. The third-order valence-corrected chi connectivity index (χ3v) is 5.16. The Labute approximate surface area is 192 Å². The molecule has 0 bridgehead atoms. The molecule has 0 saturated heterocycles. The molecule has 2 N–H and O–H groups in total. The van der Waals surface area contributed by atoms with Crippen LogP contribution >= 0.6 is 0 Å². The van der Waals surface area contributed by atoms with Gasteiger partial charge in [0.2, 0.25) is 11.7 Å². The van der Waals surface area contributed by atoms with Gasteiger partial charge in [0.1, 0.15) is 0 Å². The standard InChI is InChI=1S/C26H27NO6/c1-31-22-14-18(15-23(32-2)26(22)33-3)11-12-24(28)27-21-10-5-4-9-20(21)19-8-6-7-17(13-19)16-25(29)30/h4-10,13-15H,11-12,16H2,1-3H3,(H,27,28)(H,29,30). The van der Waals surface area contributed by atoms with E-state index in [1.54, 1.807) is 27.4 Å². The highest BCUT2D eigenvalue weighted by atomic mass is 16.5. The van der Waals surface area contributed by atoms with Crippen molar-refractivity contribution in [2.24, 2.45) is 0 Å². The summed E-state index contributed by atoms with van der Waals surface area (Å²) < 4.78 is 16.1. The second-order valence-electron chi connectivity index (χ2n) is 7.40. The van der Waals surface area contributed by atoms with Crippen LogP contribution in [0.4, 0.5) is 5.69 Å². The summed E-state index contributed by atoms with van der Waals surface area (Å²) in [5, 5.41) is 12.0. The Morgan fingerprint density at radius 2 is 1.55 bits per heavy atom. The second kappa shape index (κ2) is 11.0. The number of aryl methyl sites for hydroxylation is 1. The van der Waals surface area contributed by atoms with Gasteiger partial charge < -0.3 is 24.6 Å². The Morgan fingerprint density at radius 1 is 0.848 bits per heavy atom. The summed E-state index contributed by atoms with van der Waals surface area (Å²) in [6, 6.07) is 18.4. The van der Waals surface area contributed by atoms with E-state index < -0.39 is 5.97 Å². The van der Waals surface area contributed by atoms with Crippen molar-refractivity contribution < 1.29 is 28.9 Å². The molecule has 0 saturated carbocycles. The summed E-state index contributed by atoms with van der Waals surface area (Å²) in [6.45, 7) is 0. The van der Waals surface area contributed by atoms with E-state index in [0.29, 0.717) is 34.9 Å². The van der Waals surface area contributed by atoms with E-state index in [-0.39, 0.29) is 18.7 Å². The first-order valence-corrected chi connectivity index (χ1v) is 10.4. The van der Waals surface area contributed by atoms with Gasteiger partial charge in [-0.15, -0.1) is 0 Å². The van der Waals surface area contributed by atoms with Crippen LogP contribution in [0.2, 0.25) is 0 Å². The molecule has 0 heterocycles. The number of carboxylic acids is 1. The Hall–Kier alpha value is -4.00. The Kier molecular flexibility index (Phi) is 7.91. The predicted octanol–water partition coefficient (Wildman–Crippen LogP) is 4.58. The number of hydrogen-bond acceptors (Lipinski definition) is 5. The van der Waals surface area contributed by atoms with Crippen molar-refractivity contribution in [1.82, 2.24) is 0 Å². The number of carbonyl (C=O) groups is 2. The van der Waals surface area contributed by atoms with Gasteiger partial charge in [-0.1, -0.05) is 42.5 Å². The van der Waals surface area contributed by atoms with Crippen molar-refractivity contribution in [2.75, 3.05) is 26.6 Å². The van der Waals surface area contributed by atoms with E-state index >= 15 is 0 Å². The first kappa shape index (κ1) is 23.7. The van der Waals surface area contributed by atoms with Crippen LogP contribution in [0.3, 0.4) is 0 Å². The molecule has 3 aromatic carbocycles. The van der Waals surface area contributed by atoms with Gasteiger partial charge >= 0.3 is 5.97 Å². The molecule has 0 fully saturated rings. The van der Waals surface area contributed by atoms with Crippen molar-refractivity contribution in [2.45, 2.75) is 19.3 Å². The number of carbonyl (C=O) groups excluding carboxylic acids is 1. The van der Waals surface area contributed by atoms with Gasteiger partial charge in [0.15, 0.2) is 11.5 Å². The number of ether oxygens (including phenoxy) is 3. The fraction of sp³-hybridized carbons (Fsp3) is 0.231. The van der Waals surface area contributed by atoms with Gasteiger partial charge in [-0.05, 0) is 41.3 Å². The minimum atomic E-state index is -0.888. The van der Waals surface area contributed by atoms with Crippen molar-refractivity contribution in [1.29, 1.82) is 0 Å². The van der Waals surface area contributed by atoms with Gasteiger partial charge in [0.25, 0.3) is 0 Å². The smallest absolute Gasteiger partial charge is 0.307 e. The Balaban J connectivity index is 1.74. The molecular weight excluding hydrogens is 422 g/mol. The van der Waals surface area contributed by atoms with Gasteiger partial charge in [0.05, 0.1) is 27.8 Å². The molecule has 3 aromatic rings. The van der Waals surface area contributed by atoms with Crippen LogP contribution in [-0.2, 0) is 22.4 Å². The highest BCUT2D eigenvalue weighted by molar-refractivity contribution is 5.95. The maximum atomic E-state index is 12.7.